The van der Waals surface area contributed by atoms with Crippen LogP contribution in [0.1, 0.15) is 22.9 Å². The van der Waals surface area contributed by atoms with Gasteiger partial charge in [-0.2, -0.15) is 13.2 Å². The van der Waals surface area contributed by atoms with Crippen LogP contribution >= 0.6 is 11.3 Å². The van der Waals surface area contributed by atoms with Gasteiger partial charge in [0.05, 0.1) is 0 Å². The molecule has 2 rings (SSSR count). The van der Waals surface area contributed by atoms with Crippen molar-refractivity contribution in [3.8, 4) is 0 Å². The minimum Gasteiger partial charge on any atom is -0.480 e. The first kappa shape index (κ1) is 16.3. The van der Waals surface area contributed by atoms with Gasteiger partial charge in [0.1, 0.15) is 12.6 Å². The summed E-state index contributed by atoms with van der Waals surface area (Å²) in [4.78, 5) is 14.3. The number of nitrogens with zero attached hydrogens (tertiary/aromatic N) is 1. The van der Waals surface area contributed by atoms with Crippen molar-refractivity contribution in [2.45, 2.75) is 25.1 Å². The number of hydrogen-bond acceptors (Lipinski definition) is 4. The molecule has 1 aromatic rings. The summed E-state index contributed by atoms with van der Waals surface area (Å²) in [5.74, 6) is -0.925. The average molecular weight is 323 g/mol. The van der Waals surface area contributed by atoms with Gasteiger partial charge >= 0.3 is 12.1 Å². The van der Waals surface area contributed by atoms with Crippen LogP contribution < -0.4 is 0 Å². The Kier molecular flexibility index (Phi) is 5.23. The maximum absolute atomic E-state index is 11.9. The Morgan fingerprint density at radius 1 is 1.52 bits per heavy atom. The number of thiophene rings is 1. The molecule has 0 spiro atoms. The van der Waals surface area contributed by atoms with Crippen molar-refractivity contribution in [1.29, 1.82) is 0 Å². The summed E-state index contributed by atoms with van der Waals surface area (Å²) in [7, 11) is 0. The highest BCUT2D eigenvalue weighted by atomic mass is 32.1. The predicted molar refractivity (Wildman–Crippen MR) is 71.5 cm³/mol. The second kappa shape index (κ2) is 6.76. The van der Waals surface area contributed by atoms with E-state index in [-0.39, 0.29) is 6.61 Å². The fourth-order valence-corrected chi connectivity index (χ4v) is 3.36. The first-order chi connectivity index (χ1) is 9.88. The number of fused-ring (bicyclic) bond motifs is 1. The van der Waals surface area contributed by atoms with E-state index in [1.165, 1.54) is 0 Å². The maximum Gasteiger partial charge on any atom is 0.411 e. The number of ether oxygens (including phenoxy) is 1. The van der Waals surface area contributed by atoms with Gasteiger partial charge in [0.2, 0.25) is 0 Å². The van der Waals surface area contributed by atoms with Crippen molar-refractivity contribution in [1.82, 2.24) is 4.90 Å². The predicted octanol–water partition coefficient (Wildman–Crippen LogP) is 2.70. The van der Waals surface area contributed by atoms with Gasteiger partial charge in [-0.3, -0.25) is 9.69 Å². The Morgan fingerprint density at radius 3 is 2.95 bits per heavy atom. The molecular formula is C13H16F3NO3S. The van der Waals surface area contributed by atoms with E-state index in [2.05, 4.69) is 4.74 Å². The van der Waals surface area contributed by atoms with Gasteiger partial charge in [-0.15, -0.1) is 11.3 Å². The lowest BCUT2D eigenvalue weighted by molar-refractivity contribution is -0.174. The van der Waals surface area contributed by atoms with Gasteiger partial charge in [0.25, 0.3) is 0 Å². The van der Waals surface area contributed by atoms with E-state index >= 15 is 0 Å². The highest BCUT2D eigenvalue weighted by Gasteiger charge is 2.33. The largest absolute Gasteiger partial charge is 0.480 e. The van der Waals surface area contributed by atoms with E-state index in [0.717, 1.165) is 16.9 Å². The lowest BCUT2D eigenvalue weighted by atomic mass is 10.00. The highest BCUT2D eigenvalue weighted by Crippen LogP contribution is 2.33. The highest BCUT2D eigenvalue weighted by molar-refractivity contribution is 7.10. The zero-order chi connectivity index (χ0) is 15.5. The third kappa shape index (κ3) is 4.42. The fourth-order valence-electron chi connectivity index (χ4n) is 2.46. The van der Waals surface area contributed by atoms with Crippen LogP contribution in [0.25, 0.3) is 0 Å². The number of rotatable bonds is 6. The molecule has 0 aromatic carbocycles. The van der Waals surface area contributed by atoms with Crippen LogP contribution in [0, 0.1) is 0 Å². The van der Waals surface area contributed by atoms with E-state index < -0.39 is 24.8 Å². The molecule has 1 aromatic heterocycles. The zero-order valence-corrected chi connectivity index (χ0v) is 12.0. The average Bonchev–Trinajstić information content (AvgIpc) is 2.84. The standard InChI is InChI=1S/C13H16F3NO3S/c14-13(15,16)8-20-6-1-4-17-5-2-10-9(3-7-21-10)11(17)12(18)19/h3,7,11H,1-2,4-6,8H2,(H,18,19). The summed E-state index contributed by atoms with van der Waals surface area (Å²) < 4.78 is 40.3. The van der Waals surface area contributed by atoms with Crippen LogP contribution in [-0.2, 0) is 16.0 Å². The SMILES string of the molecule is O=C(O)C1c2ccsc2CCN1CCCOCC(F)(F)F. The third-order valence-corrected chi connectivity index (χ3v) is 4.30. The molecule has 1 aliphatic rings. The van der Waals surface area contributed by atoms with Crippen molar-refractivity contribution >= 4 is 17.3 Å². The molecule has 0 saturated carbocycles. The van der Waals surface area contributed by atoms with Crippen LogP contribution in [0.2, 0.25) is 0 Å². The van der Waals surface area contributed by atoms with E-state index in [4.69, 9.17) is 0 Å². The number of hydrogen-bond donors (Lipinski definition) is 1. The molecule has 118 valence electrons. The van der Waals surface area contributed by atoms with Gasteiger partial charge in [-0.1, -0.05) is 0 Å². The lowest BCUT2D eigenvalue weighted by Gasteiger charge is -2.33. The zero-order valence-electron chi connectivity index (χ0n) is 11.2. The van der Waals surface area contributed by atoms with Crippen LogP contribution in [0.5, 0.6) is 0 Å². The van der Waals surface area contributed by atoms with E-state index in [1.807, 2.05) is 11.4 Å². The number of carbonyl (C=O) groups is 1. The monoisotopic (exact) mass is 323 g/mol. The molecule has 1 atom stereocenters. The van der Waals surface area contributed by atoms with Crippen LogP contribution in [0.15, 0.2) is 11.4 Å². The summed E-state index contributed by atoms with van der Waals surface area (Å²) in [5, 5.41) is 11.2. The maximum atomic E-state index is 11.9. The first-order valence-corrected chi connectivity index (χ1v) is 7.44. The lowest BCUT2D eigenvalue weighted by Crippen LogP contribution is -2.40. The second-order valence-corrected chi connectivity index (χ2v) is 5.85. The Morgan fingerprint density at radius 2 is 2.29 bits per heavy atom. The third-order valence-electron chi connectivity index (χ3n) is 3.30. The van der Waals surface area contributed by atoms with Gasteiger partial charge in [-0.25, -0.2) is 0 Å². The van der Waals surface area contributed by atoms with E-state index in [0.29, 0.717) is 19.5 Å². The molecule has 0 saturated heterocycles. The summed E-state index contributed by atoms with van der Waals surface area (Å²) in [5.41, 5.74) is 0.801. The van der Waals surface area contributed by atoms with Crippen molar-refractivity contribution in [2.75, 3.05) is 26.3 Å². The number of alkyl halides is 3. The molecule has 1 N–H and O–H groups in total. The minimum atomic E-state index is -4.32. The van der Waals surface area contributed by atoms with E-state index in [1.54, 1.807) is 16.2 Å². The van der Waals surface area contributed by atoms with E-state index in [9.17, 15) is 23.1 Å². The Bertz CT molecular complexity index is 489. The molecule has 4 nitrogen and oxygen atoms in total. The number of halogens is 3. The Hall–Kier alpha value is -1.12. The molecule has 2 heterocycles. The van der Waals surface area contributed by atoms with Gasteiger partial charge in [-0.05, 0) is 29.9 Å². The quantitative estimate of drug-likeness (QED) is 0.818. The van der Waals surface area contributed by atoms with Crippen LogP contribution in [-0.4, -0.2) is 48.5 Å². The van der Waals surface area contributed by atoms with Crippen LogP contribution in [0.4, 0.5) is 13.2 Å². The Balaban J connectivity index is 1.84. The smallest absolute Gasteiger partial charge is 0.411 e. The minimum absolute atomic E-state index is 0.0289. The Labute approximate surface area is 124 Å². The topological polar surface area (TPSA) is 49.8 Å². The molecule has 0 aliphatic carbocycles. The molecule has 0 radical (unpaired) electrons. The fraction of sp³-hybridized carbons (Fsp3) is 0.615. The van der Waals surface area contributed by atoms with Crippen LogP contribution in [0.3, 0.4) is 0 Å². The van der Waals surface area contributed by atoms with Crippen molar-refractivity contribution < 1.29 is 27.8 Å². The van der Waals surface area contributed by atoms with Gasteiger partial charge < -0.3 is 9.84 Å². The summed E-state index contributed by atoms with van der Waals surface area (Å²) >= 11 is 1.54. The molecule has 8 heteroatoms. The number of aliphatic carboxylic acids is 1. The molecule has 0 bridgehead atoms. The summed E-state index contributed by atoms with van der Waals surface area (Å²) in [6.45, 7) is -0.281. The first-order valence-electron chi connectivity index (χ1n) is 6.56. The van der Waals surface area contributed by atoms with Gasteiger partial charge in [0.15, 0.2) is 0 Å². The molecular weight excluding hydrogens is 307 g/mol. The van der Waals surface area contributed by atoms with Crippen molar-refractivity contribution in [3.63, 3.8) is 0 Å². The normalized spacial score (nSPS) is 19.5. The molecule has 0 fully saturated rings. The van der Waals surface area contributed by atoms with Gasteiger partial charge in [0, 0.05) is 24.6 Å². The molecule has 1 aliphatic heterocycles. The number of carboxylic acids is 1. The summed E-state index contributed by atoms with van der Waals surface area (Å²) in [6, 6.07) is 1.10. The van der Waals surface area contributed by atoms with Crippen molar-refractivity contribution in [3.05, 3.63) is 21.9 Å². The summed E-state index contributed by atoms with van der Waals surface area (Å²) in [6.07, 6.45) is -3.17. The molecule has 21 heavy (non-hydrogen) atoms. The molecule has 1 unspecified atom stereocenters. The second-order valence-electron chi connectivity index (χ2n) is 4.85. The number of carboxylic acid groups (broad SMARTS) is 1. The molecule has 0 amide bonds. The van der Waals surface area contributed by atoms with Crippen molar-refractivity contribution in [2.24, 2.45) is 0 Å².